The molecule has 2 nitrogen and oxygen atoms in total. The SMILES string of the molecule is c1ccc(-c2cc3ccc4c5ccccc5n(-c5cccc(-c6c7ccccc7cc7ccccc67)c5)c4c3n2-c2ccccc2)cc1. The molecule has 0 atom stereocenters. The Labute approximate surface area is 278 Å². The van der Waals surface area contributed by atoms with Crippen LogP contribution in [0.3, 0.4) is 0 Å². The Morgan fingerprint density at radius 1 is 0.312 bits per heavy atom. The molecule has 0 fully saturated rings. The van der Waals surface area contributed by atoms with Gasteiger partial charge >= 0.3 is 0 Å². The number of benzene rings is 8. The predicted molar refractivity (Wildman–Crippen MR) is 203 cm³/mol. The van der Waals surface area contributed by atoms with E-state index in [2.05, 4.69) is 191 Å². The molecular weight excluding hydrogens is 581 g/mol. The van der Waals surface area contributed by atoms with E-state index in [4.69, 9.17) is 0 Å². The second kappa shape index (κ2) is 10.6. The molecule has 0 amide bonds. The van der Waals surface area contributed by atoms with Gasteiger partial charge < -0.3 is 9.13 Å². The Hall–Kier alpha value is -6.38. The van der Waals surface area contributed by atoms with E-state index in [1.54, 1.807) is 0 Å². The summed E-state index contributed by atoms with van der Waals surface area (Å²) in [6.07, 6.45) is 0. The van der Waals surface area contributed by atoms with Crippen molar-refractivity contribution in [1.82, 2.24) is 9.13 Å². The second-order valence-corrected chi connectivity index (χ2v) is 12.6. The van der Waals surface area contributed by atoms with Crippen LogP contribution in [0, 0.1) is 0 Å². The molecule has 8 aromatic carbocycles. The molecule has 48 heavy (non-hydrogen) atoms. The molecule has 2 aromatic heterocycles. The maximum absolute atomic E-state index is 2.48. The van der Waals surface area contributed by atoms with Gasteiger partial charge in [-0.15, -0.1) is 0 Å². The van der Waals surface area contributed by atoms with Gasteiger partial charge in [0.2, 0.25) is 0 Å². The summed E-state index contributed by atoms with van der Waals surface area (Å²) in [6.45, 7) is 0. The van der Waals surface area contributed by atoms with Gasteiger partial charge in [-0.2, -0.15) is 0 Å². The van der Waals surface area contributed by atoms with Gasteiger partial charge in [0, 0.05) is 27.5 Å². The smallest absolute Gasteiger partial charge is 0.0788 e. The van der Waals surface area contributed by atoms with Crippen LogP contribution in [-0.2, 0) is 0 Å². The minimum Gasteiger partial charge on any atom is -0.307 e. The van der Waals surface area contributed by atoms with Crippen LogP contribution in [0.5, 0.6) is 0 Å². The van der Waals surface area contributed by atoms with Crippen molar-refractivity contribution in [2.45, 2.75) is 0 Å². The molecule has 0 aliphatic heterocycles. The highest BCUT2D eigenvalue weighted by Crippen LogP contribution is 2.42. The minimum absolute atomic E-state index is 1.14. The maximum Gasteiger partial charge on any atom is 0.0788 e. The monoisotopic (exact) mass is 610 g/mol. The molecule has 10 rings (SSSR count). The average Bonchev–Trinajstić information content (AvgIpc) is 3.71. The molecule has 0 saturated carbocycles. The largest absolute Gasteiger partial charge is 0.307 e. The summed E-state index contributed by atoms with van der Waals surface area (Å²) in [7, 11) is 0. The lowest BCUT2D eigenvalue weighted by atomic mass is 9.92. The van der Waals surface area contributed by atoms with Gasteiger partial charge in [-0.3, -0.25) is 0 Å². The van der Waals surface area contributed by atoms with Crippen LogP contribution in [-0.4, -0.2) is 9.13 Å². The minimum atomic E-state index is 1.14. The molecule has 224 valence electrons. The summed E-state index contributed by atoms with van der Waals surface area (Å²) >= 11 is 0. The molecule has 0 bridgehead atoms. The first-order chi connectivity index (χ1) is 23.8. The van der Waals surface area contributed by atoms with Crippen molar-refractivity contribution in [3.05, 3.63) is 182 Å². The highest BCUT2D eigenvalue weighted by molar-refractivity contribution is 6.19. The lowest BCUT2D eigenvalue weighted by molar-refractivity contribution is 1.12. The van der Waals surface area contributed by atoms with E-state index in [0.29, 0.717) is 0 Å². The first kappa shape index (κ1) is 26.8. The van der Waals surface area contributed by atoms with Gasteiger partial charge in [0.05, 0.1) is 22.2 Å². The summed E-state index contributed by atoms with van der Waals surface area (Å²) in [5, 5.41) is 8.75. The average molecular weight is 611 g/mol. The molecule has 0 unspecified atom stereocenters. The molecule has 2 heteroatoms. The fraction of sp³-hybridized carbons (Fsp3) is 0. The van der Waals surface area contributed by atoms with E-state index < -0.39 is 0 Å². The third kappa shape index (κ3) is 4.00. The quantitative estimate of drug-likeness (QED) is 0.175. The molecule has 0 saturated heterocycles. The topological polar surface area (TPSA) is 9.86 Å². The Morgan fingerprint density at radius 2 is 0.917 bits per heavy atom. The summed E-state index contributed by atoms with van der Waals surface area (Å²) < 4.78 is 4.93. The van der Waals surface area contributed by atoms with Gasteiger partial charge in [-0.05, 0) is 80.7 Å². The van der Waals surface area contributed by atoms with E-state index in [9.17, 15) is 0 Å². The molecule has 2 heterocycles. The predicted octanol–water partition coefficient (Wildman–Crippen LogP) is 12.4. The van der Waals surface area contributed by atoms with Crippen LogP contribution in [0.2, 0.25) is 0 Å². The third-order valence-electron chi connectivity index (χ3n) is 9.85. The van der Waals surface area contributed by atoms with Crippen LogP contribution in [0.25, 0.3) is 88.0 Å². The fourth-order valence-corrected chi connectivity index (χ4v) is 7.80. The summed E-state index contributed by atoms with van der Waals surface area (Å²) in [5.41, 5.74) is 10.8. The van der Waals surface area contributed by atoms with E-state index in [1.165, 1.54) is 76.6 Å². The molecule has 10 aromatic rings. The zero-order valence-electron chi connectivity index (χ0n) is 26.2. The zero-order chi connectivity index (χ0) is 31.6. The maximum atomic E-state index is 2.48. The number of rotatable bonds is 4. The van der Waals surface area contributed by atoms with Crippen LogP contribution in [0.4, 0.5) is 0 Å². The number of hydrogen-bond donors (Lipinski definition) is 0. The number of hydrogen-bond acceptors (Lipinski definition) is 0. The normalized spacial score (nSPS) is 11.8. The number of fused-ring (bicyclic) bond motifs is 7. The molecule has 0 aliphatic rings. The Morgan fingerprint density at radius 3 is 1.67 bits per heavy atom. The van der Waals surface area contributed by atoms with Crippen molar-refractivity contribution in [2.75, 3.05) is 0 Å². The molecular formula is C46H30N2. The summed E-state index contributed by atoms with van der Waals surface area (Å²) in [6, 6.07) is 66.2. The summed E-state index contributed by atoms with van der Waals surface area (Å²) in [5.74, 6) is 0. The first-order valence-corrected chi connectivity index (χ1v) is 16.5. The Balaban J connectivity index is 1.33. The highest BCUT2D eigenvalue weighted by Gasteiger charge is 2.21. The van der Waals surface area contributed by atoms with Gasteiger partial charge in [0.15, 0.2) is 0 Å². The number of aromatic nitrogens is 2. The van der Waals surface area contributed by atoms with Crippen molar-refractivity contribution in [3.8, 4) is 33.8 Å². The van der Waals surface area contributed by atoms with Crippen LogP contribution in [0.1, 0.15) is 0 Å². The van der Waals surface area contributed by atoms with E-state index in [1.807, 2.05) is 0 Å². The molecule has 0 N–H and O–H groups in total. The van der Waals surface area contributed by atoms with Crippen LogP contribution >= 0.6 is 0 Å². The van der Waals surface area contributed by atoms with Gasteiger partial charge in [0.1, 0.15) is 0 Å². The van der Waals surface area contributed by atoms with Crippen molar-refractivity contribution >= 4 is 54.3 Å². The first-order valence-electron chi connectivity index (χ1n) is 16.5. The number of nitrogens with zero attached hydrogens (tertiary/aromatic N) is 2. The molecule has 0 radical (unpaired) electrons. The van der Waals surface area contributed by atoms with E-state index in [0.717, 1.165) is 11.4 Å². The van der Waals surface area contributed by atoms with Gasteiger partial charge in [-0.1, -0.05) is 140 Å². The number of para-hydroxylation sites is 2. The Bertz CT molecular complexity index is 2770. The van der Waals surface area contributed by atoms with Crippen molar-refractivity contribution in [1.29, 1.82) is 0 Å². The van der Waals surface area contributed by atoms with Crippen LogP contribution in [0.15, 0.2) is 182 Å². The lowest BCUT2D eigenvalue weighted by Crippen LogP contribution is -2.00. The molecule has 0 aliphatic carbocycles. The van der Waals surface area contributed by atoms with Crippen LogP contribution < -0.4 is 0 Å². The van der Waals surface area contributed by atoms with Crippen molar-refractivity contribution < 1.29 is 0 Å². The lowest BCUT2D eigenvalue weighted by Gasteiger charge is -2.16. The van der Waals surface area contributed by atoms with E-state index in [-0.39, 0.29) is 0 Å². The van der Waals surface area contributed by atoms with Gasteiger partial charge in [0.25, 0.3) is 0 Å². The third-order valence-corrected chi connectivity index (χ3v) is 9.85. The second-order valence-electron chi connectivity index (χ2n) is 12.6. The van der Waals surface area contributed by atoms with Crippen molar-refractivity contribution in [3.63, 3.8) is 0 Å². The Kier molecular flexibility index (Phi) is 5.91. The fourth-order valence-electron chi connectivity index (χ4n) is 7.80. The molecule has 0 spiro atoms. The van der Waals surface area contributed by atoms with Gasteiger partial charge in [-0.25, -0.2) is 0 Å². The van der Waals surface area contributed by atoms with Crippen molar-refractivity contribution in [2.24, 2.45) is 0 Å². The summed E-state index contributed by atoms with van der Waals surface area (Å²) in [4.78, 5) is 0. The van der Waals surface area contributed by atoms with E-state index >= 15 is 0 Å². The highest BCUT2D eigenvalue weighted by atomic mass is 15.0. The zero-order valence-corrected chi connectivity index (χ0v) is 26.2. The standard InChI is InChI=1S/C46H30N2/c1-3-14-31(15-4-1)43-30-35-26-27-41-40-24-11-12-25-42(40)48(46(41)45(35)47(43)36-19-5-2-6-20-36)37-21-13-18-34(29-37)44-38-22-9-7-16-32(38)28-33-17-8-10-23-39(33)44/h1-30H.